The van der Waals surface area contributed by atoms with E-state index >= 15 is 0 Å². The second-order valence-electron chi connectivity index (χ2n) is 6.82. The average Bonchev–Trinajstić information content (AvgIpc) is 3.07. The van der Waals surface area contributed by atoms with E-state index in [0.717, 1.165) is 47.9 Å². The first kappa shape index (κ1) is 19.8. The van der Waals surface area contributed by atoms with E-state index in [2.05, 4.69) is 48.7 Å². The number of halogens is 1. The first-order chi connectivity index (χ1) is 13.0. The van der Waals surface area contributed by atoms with Crippen molar-refractivity contribution in [1.82, 2.24) is 0 Å². The Kier molecular flexibility index (Phi) is 6.46. The van der Waals surface area contributed by atoms with Crippen LogP contribution in [-0.2, 0) is 12.8 Å². The molecule has 0 N–H and O–H groups in total. The number of methoxy groups -OCH3 is 1. The summed E-state index contributed by atoms with van der Waals surface area (Å²) in [4.78, 5) is 3.69. The van der Waals surface area contributed by atoms with Crippen LogP contribution in [0.4, 0.5) is 5.00 Å². The summed E-state index contributed by atoms with van der Waals surface area (Å²) in [6.07, 6.45) is 5.89. The number of anilines is 1. The topological polar surface area (TPSA) is 12.5 Å². The van der Waals surface area contributed by atoms with Crippen LogP contribution in [0.3, 0.4) is 0 Å². The third-order valence-corrected chi connectivity index (χ3v) is 6.68. The molecule has 142 valence electrons. The van der Waals surface area contributed by atoms with Gasteiger partial charge in [-0.05, 0) is 73.7 Å². The molecule has 0 atom stereocenters. The van der Waals surface area contributed by atoms with Gasteiger partial charge in [-0.1, -0.05) is 35.9 Å². The number of ether oxygens (including phenoxy) is 1. The van der Waals surface area contributed by atoms with E-state index in [-0.39, 0.29) is 0 Å². The molecule has 0 bridgehead atoms. The summed E-state index contributed by atoms with van der Waals surface area (Å²) >= 11 is 8.30. The molecule has 0 fully saturated rings. The van der Waals surface area contributed by atoms with E-state index in [0.29, 0.717) is 0 Å². The van der Waals surface area contributed by atoms with E-state index in [1.165, 1.54) is 21.0 Å². The van der Waals surface area contributed by atoms with Crippen LogP contribution in [0.15, 0.2) is 59.7 Å². The molecule has 3 rings (SSSR count). The fourth-order valence-corrected chi connectivity index (χ4v) is 4.63. The zero-order valence-electron chi connectivity index (χ0n) is 16.2. The lowest BCUT2D eigenvalue weighted by atomic mass is 10.0. The summed E-state index contributed by atoms with van der Waals surface area (Å²) in [6.45, 7) is 9.92. The predicted octanol–water partition coefficient (Wildman–Crippen LogP) is 6.46. The highest BCUT2D eigenvalue weighted by molar-refractivity contribution is 7.17. The maximum absolute atomic E-state index is 6.49. The summed E-state index contributed by atoms with van der Waals surface area (Å²) in [5, 5.41) is 2.08. The Morgan fingerprint density at radius 2 is 1.89 bits per heavy atom. The highest BCUT2D eigenvalue weighted by Gasteiger charge is 2.17. The Balaban J connectivity index is 1.77. The van der Waals surface area contributed by atoms with Crippen LogP contribution in [0, 0.1) is 0 Å². The number of fused-ring (bicyclic) bond motifs is 1. The van der Waals surface area contributed by atoms with Gasteiger partial charge >= 0.3 is 0 Å². The second kappa shape index (κ2) is 8.81. The number of nitrogens with zero attached hydrogens (tertiary/aromatic N) is 1. The van der Waals surface area contributed by atoms with Crippen molar-refractivity contribution < 1.29 is 4.74 Å². The van der Waals surface area contributed by atoms with Gasteiger partial charge in [0.25, 0.3) is 0 Å². The van der Waals surface area contributed by atoms with Gasteiger partial charge in [-0.3, -0.25) is 0 Å². The maximum Gasteiger partial charge on any atom is 0.119 e. The molecule has 1 aromatic heterocycles. The molecule has 1 aliphatic heterocycles. The fourth-order valence-electron chi connectivity index (χ4n) is 3.23. The number of thiophene rings is 1. The second-order valence-corrected chi connectivity index (χ2v) is 8.29. The summed E-state index contributed by atoms with van der Waals surface area (Å²) in [5.74, 6) is 0.943. The third-order valence-electron chi connectivity index (χ3n) is 5.02. The summed E-state index contributed by atoms with van der Waals surface area (Å²) < 4.78 is 5.38. The normalized spacial score (nSPS) is 15.7. The smallest absolute Gasteiger partial charge is 0.119 e. The lowest BCUT2D eigenvalue weighted by Crippen LogP contribution is -2.24. The number of allylic oxidation sites excluding steroid dienone is 5. The maximum atomic E-state index is 6.49. The number of rotatable bonds is 5. The highest BCUT2D eigenvalue weighted by Crippen LogP contribution is 2.34. The molecule has 0 saturated carbocycles. The summed E-state index contributed by atoms with van der Waals surface area (Å²) in [6, 6.07) is 10.8. The van der Waals surface area contributed by atoms with Gasteiger partial charge in [0, 0.05) is 23.0 Å². The number of hydrogen-bond donors (Lipinski definition) is 0. The van der Waals surface area contributed by atoms with Crippen LogP contribution in [0.5, 0.6) is 5.75 Å². The Morgan fingerprint density at radius 1 is 1.15 bits per heavy atom. The Bertz CT molecular complexity index is 894. The van der Waals surface area contributed by atoms with Crippen LogP contribution in [-0.4, -0.2) is 20.2 Å². The molecule has 27 heavy (non-hydrogen) atoms. The van der Waals surface area contributed by atoms with Crippen molar-refractivity contribution in [3.63, 3.8) is 0 Å². The van der Waals surface area contributed by atoms with Gasteiger partial charge in [0.2, 0.25) is 0 Å². The lowest BCUT2D eigenvalue weighted by molar-refractivity contribution is 0.414. The Hall–Kier alpha value is -1.97. The molecule has 1 aromatic carbocycles. The molecule has 0 amide bonds. The zero-order valence-corrected chi connectivity index (χ0v) is 17.8. The molecule has 1 aliphatic rings. The Labute approximate surface area is 171 Å². The van der Waals surface area contributed by atoms with Crippen molar-refractivity contribution >= 4 is 33.5 Å². The van der Waals surface area contributed by atoms with Crippen molar-refractivity contribution in [1.29, 1.82) is 0 Å². The summed E-state index contributed by atoms with van der Waals surface area (Å²) in [5.41, 5.74) is 5.01. The lowest BCUT2D eigenvalue weighted by Gasteiger charge is -2.20. The van der Waals surface area contributed by atoms with Crippen LogP contribution < -0.4 is 9.64 Å². The first-order valence-corrected chi connectivity index (χ1v) is 10.4. The third kappa shape index (κ3) is 4.66. The Morgan fingerprint density at radius 3 is 2.59 bits per heavy atom. The van der Waals surface area contributed by atoms with Crippen LogP contribution in [0.2, 0.25) is 0 Å². The molecule has 0 spiro atoms. The van der Waals surface area contributed by atoms with Gasteiger partial charge in [0.15, 0.2) is 0 Å². The van der Waals surface area contributed by atoms with Crippen LogP contribution >= 0.6 is 22.9 Å². The largest absolute Gasteiger partial charge is 0.497 e. The van der Waals surface area contributed by atoms with Gasteiger partial charge in [0.05, 0.1) is 12.1 Å². The molecular weight excluding hydrogens is 374 g/mol. The first-order valence-electron chi connectivity index (χ1n) is 9.20. The molecule has 0 aliphatic carbocycles. The molecule has 2 heterocycles. The standard InChI is InChI=1S/C23H26ClNOS/c1-5-16(2)14-21(24)17(3)22-8-9-23(27-22)25-12-10-18-6-7-20(26-4)15-19(18)11-13-25/h5-9,14-15H,1,10-13H2,2-4H3/b16-14-,21-17-. The van der Waals surface area contributed by atoms with Crippen molar-refractivity contribution in [2.24, 2.45) is 0 Å². The monoisotopic (exact) mass is 399 g/mol. The molecule has 2 nitrogen and oxygen atoms in total. The molecule has 4 heteroatoms. The minimum Gasteiger partial charge on any atom is -0.497 e. The van der Waals surface area contributed by atoms with Gasteiger partial charge in [-0.2, -0.15) is 0 Å². The van der Waals surface area contributed by atoms with Crippen molar-refractivity contribution in [2.45, 2.75) is 26.7 Å². The minimum atomic E-state index is 0.774. The molecule has 0 saturated heterocycles. The average molecular weight is 400 g/mol. The number of benzene rings is 1. The highest BCUT2D eigenvalue weighted by atomic mass is 35.5. The van der Waals surface area contributed by atoms with Crippen LogP contribution in [0.25, 0.3) is 5.57 Å². The van der Waals surface area contributed by atoms with Crippen LogP contribution in [0.1, 0.15) is 29.9 Å². The van der Waals surface area contributed by atoms with E-state index < -0.39 is 0 Å². The SMILES string of the molecule is C=C/C(C)=C\C(Cl)=C(/C)c1ccc(N2CCc3ccc(OC)cc3CC2)s1. The van der Waals surface area contributed by atoms with Gasteiger partial charge < -0.3 is 9.64 Å². The van der Waals surface area contributed by atoms with Crippen molar-refractivity contribution in [2.75, 3.05) is 25.1 Å². The molecule has 0 radical (unpaired) electrons. The van der Waals surface area contributed by atoms with Crippen molar-refractivity contribution in [3.05, 3.63) is 75.7 Å². The van der Waals surface area contributed by atoms with E-state index in [1.807, 2.05) is 30.4 Å². The van der Waals surface area contributed by atoms with Gasteiger partial charge in [-0.25, -0.2) is 0 Å². The molecule has 2 aromatic rings. The molecule has 0 unspecified atom stereocenters. The van der Waals surface area contributed by atoms with E-state index in [4.69, 9.17) is 16.3 Å². The predicted molar refractivity (Wildman–Crippen MR) is 119 cm³/mol. The van der Waals surface area contributed by atoms with Crippen molar-refractivity contribution in [3.8, 4) is 5.75 Å². The van der Waals surface area contributed by atoms with Gasteiger partial charge in [0.1, 0.15) is 5.75 Å². The molecular formula is C23H26ClNOS. The number of hydrogen-bond acceptors (Lipinski definition) is 3. The van der Waals surface area contributed by atoms with E-state index in [9.17, 15) is 0 Å². The minimum absolute atomic E-state index is 0.774. The summed E-state index contributed by atoms with van der Waals surface area (Å²) in [7, 11) is 1.73. The quantitative estimate of drug-likeness (QED) is 0.534. The fraction of sp³-hybridized carbons (Fsp3) is 0.304. The van der Waals surface area contributed by atoms with Gasteiger partial charge in [-0.15, -0.1) is 11.3 Å². The van der Waals surface area contributed by atoms with E-state index in [1.54, 1.807) is 7.11 Å². The zero-order chi connectivity index (χ0) is 19.4.